The standard InChI is InChI=1S/C12H13ClN2O/c1-7(2)11-10(12(14)16-15-11)8-4-3-5-9(13)6-8/h3-7H,14H2,1-2H3. The molecule has 84 valence electrons. The molecule has 0 saturated heterocycles. The average molecular weight is 237 g/mol. The van der Waals surface area contributed by atoms with Gasteiger partial charge >= 0.3 is 0 Å². The second-order valence-electron chi connectivity index (χ2n) is 3.97. The maximum absolute atomic E-state index is 5.95. The summed E-state index contributed by atoms with van der Waals surface area (Å²) >= 11 is 5.95. The maximum Gasteiger partial charge on any atom is 0.230 e. The molecule has 0 aliphatic heterocycles. The summed E-state index contributed by atoms with van der Waals surface area (Å²) in [7, 11) is 0. The average Bonchev–Trinajstić information content (AvgIpc) is 2.60. The number of benzene rings is 1. The lowest BCUT2D eigenvalue weighted by Gasteiger charge is -2.05. The van der Waals surface area contributed by atoms with Crippen LogP contribution in [0.2, 0.25) is 5.02 Å². The minimum absolute atomic E-state index is 0.259. The van der Waals surface area contributed by atoms with Crippen LogP contribution < -0.4 is 5.73 Å². The van der Waals surface area contributed by atoms with Gasteiger partial charge in [0.05, 0.1) is 11.3 Å². The van der Waals surface area contributed by atoms with Crippen molar-refractivity contribution >= 4 is 17.5 Å². The molecule has 1 heterocycles. The summed E-state index contributed by atoms with van der Waals surface area (Å²) in [6.45, 7) is 4.09. The highest BCUT2D eigenvalue weighted by Crippen LogP contribution is 2.34. The summed E-state index contributed by atoms with van der Waals surface area (Å²) < 4.78 is 5.04. The molecule has 2 N–H and O–H groups in total. The van der Waals surface area contributed by atoms with Crippen molar-refractivity contribution in [2.24, 2.45) is 0 Å². The number of aromatic nitrogens is 1. The second kappa shape index (κ2) is 4.18. The Bertz CT molecular complexity index is 505. The van der Waals surface area contributed by atoms with Crippen molar-refractivity contribution in [3.8, 4) is 11.1 Å². The van der Waals surface area contributed by atoms with Crippen molar-refractivity contribution in [2.45, 2.75) is 19.8 Å². The molecular weight excluding hydrogens is 224 g/mol. The van der Waals surface area contributed by atoms with Crippen molar-refractivity contribution in [3.05, 3.63) is 35.0 Å². The zero-order chi connectivity index (χ0) is 11.7. The highest BCUT2D eigenvalue weighted by atomic mass is 35.5. The minimum Gasteiger partial charge on any atom is -0.367 e. The predicted octanol–water partition coefficient (Wildman–Crippen LogP) is 3.70. The van der Waals surface area contributed by atoms with Gasteiger partial charge in [-0.25, -0.2) is 0 Å². The molecule has 0 saturated carbocycles. The summed E-state index contributed by atoms with van der Waals surface area (Å²) in [5, 5.41) is 4.65. The van der Waals surface area contributed by atoms with Gasteiger partial charge < -0.3 is 10.3 Å². The number of anilines is 1. The molecule has 4 heteroatoms. The molecule has 0 bridgehead atoms. The van der Waals surface area contributed by atoms with E-state index in [0.29, 0.717) is 10.9 Å². The number of hydrogen-bond donors (Lipinski definition) is 1. The van der Waals surface area contributed by atoms with Crippen molar-refractivity contribution in [1.29, 1.82) is 0 Å². The largest absolute Gasteiger partial charge is 0.367 e. The van der Waals surface area contributed by atoms with Gasteiger partial charge in [0.15, 0.2) is 0 Å². The number of rotatable bonds is 2. The van der Waals surface area contributed by atoms with E-state index in [2.05, 4.69) is 5.16 Å². The van der Waals surface area contributed by atoms with Crippen LogP contribution in [0, 0.1) is 0 Å². The molecule has 2 rings (SSSR count). The topological polar surface area (TPSA) is 52.0 Å². The van der Waals surface area contributed by atoms with E-state index >= 15 is 0 Å². The molecule has 3 nitrogen and oxygen atoms in total. The van der Waals surface area contributed by atoms with Crippen molar-refractivity contribution in [3.63, 3.8) is 0 Å². The Morgan fingerprint density at radius 2 is 2.12 bits per heavy atom. The molecule has 0 aliphatic carbocycles. The first-order chi connectivity index (χ1) is 7.59. The maximum atomic E-state index is 5.95. The normalized spacial score (nSPS) is 11.0. The van der Waals surface area contributed by atoms with Crippen LogP contribution in [-0.2, 0) is 0 Å². The third kappa shape index (κ3) is 1.91. The number of nitrogen functional groups attached to an aromatic ring is 1. The third-order valence-electron chi connectivity index (χ3n) is 2.41. The van der Waals surface area contributed by atoms with Crippen LogP contribution in [0.5, 0.6) is 0 Å². The number of nitrogens with two attached hydrogens (primary N) is 1. The van der Waals surface area contributed by atoms with E-state index in [0.717, 1.165) is 16.8 Å². The zero-order valence-corrected chi connectivity index (χ0v) is 9.95. The van der Waals surface area contributed by atoms with Gasteiger partial charge in [-0.1, -0.05) is 42.7 Å². The highest BCUT2D eigenvalue weighted by Gasteiger charge is 2.18. The lowest BCUT2D eigenvalue weighted by molar-refractivity contribution is 0.424. The molecule has 1 aromatic carbocycles. The van der Waals surface area contributed by atoms with Crippen molar-refractivity contribution in [2.75, 3.05) is 5.73 Å². The van der Waals surface area contributed by atoms with E-state index in [9.17, 15) is 0 Å². The third-order valence-corrected chi connectivity index (χ3v) is 2.64. The molecule has 2 aromatic rings. The first-order valence-electron chi connectivity index (χ1n) is 5.10. The second-order valence-corrected chi connectivity index (χ2v) is 4.41. The minimum atomic E-state index is 0.259. The summed E-state index contributed by atoms with van der Waals surface area (Å²) in [4.78, 5) is 0. The van der Waals surface area contributed by atoms with E-state index in [1.165, 1.54) is 0 Å². The zero-order valence-electron chi connectivity index (χ0n) is 9.20. The van der Waals surface area contributed by atoms with E-state index in [1.54, 1.807) is 0 Å². The van der Waals surface area contributed by atoms with Crippen LogP contribution >= 0.6 is 11.6 Å². The molecule has 0 unspecified atom stereocenters. The molecular formula is C12H13ClN2O. The van der Waals surface area contributed by atoms with Gasteiger partial charge in [0.25, 0.3) is 0 Å². The van der Waals surface area contributed by atoms with Gasteiger partial charge in [-0.2, -0.15) is 0 Å². The Labute approximate surface area is 99.2 Å². The lowest BCUT2D eigenvalue weighted by Crippen LogP contribution is -1.92. The first kappa shape index (κ1) is 11.0. The fraction of sp³-hybridized carbons (Fsp3) is 0.250. The van der Waals surface area contributed by atoms with Gasteiger partial charge in [-0.05, 0) is 23.6 Å². The fourth-order valence-electron chi connectivity index (χ4n) is 1.64. The summed E-state index contributed by atoms with van der Waals surface area (Å²) in [6.07, 6.45) is 0. The van der Waals surface area contributed by atoms with E-state index < -0.39 is 0 Å². The number of hydrogen-bond acceptors (Lipinski definition) is 3. The number of halogens is 1. The monoisotopic (exact) mass is 236 g/mol. The van der Waals surface area contributed by atoms with Gasteiger partial charge in [0, 0.05) is 5.02 Å². The van der Waals surface area contributed by atoms with Crippen molar-refractivity contribution in [1.82, 2.24) is 5.16 Å². The molecule has 0 radical (unpaired) electrons. The predicted molar refractivity (Wildman–Crippen MR) is 65.5 cm³/mol. The molecule has 0 fully saturated rings. The van der Waals surface area contributed by atoms with Gasteiger partial charge in [-0.15, -0.1) is 0 Å². The molecule has 0 amide bonds. The molecule has 0 aliphatic rings. The van der Waals surface area contributed by atoms with Crippen molar-refractivity contribution < 1.29 is 4.52 Å². The van der Waals surface area contributed by atoms with Gasteiger partial charge in [-0.3, -0.25) is 0 Å². The van der Waals surface area contributed by atoms with Crippen LogP contribution in [0.25, 0.3) is 11.1 Å². The molecule has 16 heavy (non-hydrogen) atoms. The summed E-state index contributed by atoms with van der Waals surface area (Å²) in [6, 6.07) is 7.51. The Morgan fingerprint density at radius 3 is 2.75 bits per heavy atom. The Morgan fingerprint density at radius 1 is 1.38 bits per heavy atom. The fourth-order valence-corrected chi connectivity index (χ4v) is 1.83. The van der Waals surface area contributed by atoms with E-state index in [-0.39, 0.29) is 5.92 Å². The first-order valence-corrected chi connectivity index (χ1v) is 5.48. The van der Waals surface area contributed by atoms with E-state index in [1.807, 2.05) is 38.1 Å². The highest BCUT2D eigenvalue weighted by molar-refractivity contribution is 6.30. The van der Waals surface area contributed by atoms with Crippen LogP contribution in [0.15, 0.2) is 28.8 Å². The molecule has 0 spiro atoms. The summed E-state index contributed by atoms with van der Waals surface area (Å²) in [5.74, 6) is 0.598. The van der Waals surface area contributed by atoms with Crippen LogP contribution in [0.3, 0.4) is 0 Å². The van der Waals surface area contributed by atoms with Gasteiger partial charge in [0.2, 0.25) is 5.88 Å². The number of nitrogens with zero attached hydrogens (tertiary/aromatic N) is 1. The lowest BCUT2D eigenvalue weighted by atomic mass is 9.99. The summed E-state index contributed by atoms with van der Waals surface area (Å²) in [5.41, 5.74) is 8.43. The molecule has 0 atom stereocenters. The van der Waals surface area contributed by atoms with Crippen LogP contribution in [0.1, 0.15) is 25.5 Å². The van der Waals surface area contributed by atoms with E-state index in [4.69, 9.17) is 21.9 Å². The Kier molecular flexibility index (Phi) is 2.88. The quantitative estimate of drug-likeness (QED) is 0.865. The van der Waals surface area contributed by atoms with Crippen LogP contribution in [0.4, 0.5) is 5.88 Å². The van der Waals surface area contributed by atoms with Crippen LogP contribution in [-0.4, -0.2) is 5.16 Å². The Balaban J connectivity index is 2.59. The SMILES string of the molecule is CC(C)c1noc(N)c1-c1cccc(Cl)c1. The molecule has 1 aromatic heterocycles. The van der Waals surface area contributed by atoms with Gasteiger partial charge in [0.1, 0.15) is 0 Å². The Hall–Kier alpha value is -1.48. The smallest absolute Gasteiger partial charge is 0.230 e.